The Morgan fingerprint density at radius 1 is 1.07 bits per heavy atom. The lowest BCUT2D eigenvalue weighted by Gasteiger charge is -2.08. The first-order valence-corrected chi connectivity index (χ1v) is 11.4. The molecule has 0 aliphatic carbocycles. The van der Waals surface area contributed by atoms with Crippen LogP contribution in [-0.4, -0.2) is 22.0 Å². The molecule has 0 bridgehead atoms. The summed E-state index contributed by atoms with van der Waals surface area (Å²) in [5.41, 5.74) is 0.728. The Hall–Kier alpha value is -1.95. The summed E-state index contributed by atoms with van der Waals surface area (Å²) in [6.07, 6.45) is 9.20. The van der Waals surface area contributed by atoms with E-state index in [-0.39, 0.29) is 11.5 Å². The third-order valence-electron chi connectivity index (χ3n) is 5.21. The maximum Gasteiger partial charge on any atom is 0.262 e. The van der Waals surface area contributed by atoms with Gasteiger partial charge in [-0.25, -0.2) is 0 Å². The summed E-state index contributed by atoms with van der Waals surface area (Å²) in [5, 5.41) is 3.67. The van der Waals surface area contributed by atoms with Crippen molar-refractivity contribution in [2.24, 2.45) is 5.92 Å². The van der Waals surface area contributed by atoms with Crippen LogP contribution in [0.3, 0.4) is 0 Å². The number of nitrogens with zero attached hydrogens (tertiary/aromatic N) is 1. The fraction of sp³-hybridized carbons (Fsp3) is 0.609. The summed E-state index contributed by atoms with van der Waals surface area (Å²) in [7, 11) is 0. The minimum atomic E-state index is -0.0458. The van der Waals surface area contributed by atoms with Crippen LogP contribution >= 0.6 is 12.2 Å². The van der Waals surface area contributed by atoms with Crippen molar-refractivity contribution in [2.75, 3.05) is 6.54 Å². The van der Waals surface area contributed by atoms with Gasteiger partial charge < -0.3 is 10.3 Å². The lowest BCUT2D eigenvalue weighted by atomic mass is 10.0. The van der Waals surface area contributed by atoms with Gasteiger partial charge in [0.15, 0.2) is 4.77 Å². The fourth-order valence-corrected chi connectivity index (χ4v) is 3.77. The third kappa shape index (κ3) is 8.13. The van der Waals surface area contributed by atoms with Crippen LogP contribution in [0.15, 0.2) is 29.1 Å². The number of para-hydroxylation sites is 1. The van der Waals surface area contributed by atoms with Gasteiger partial charge in [0.05, 0.1) is 10.9 Å². The molecule has 1 aromatic carbocycles. The van der Waals surface area contributed by atoms with E-state index in [2.05, 4.69) is 24.1 Å². The molecule has 1 heterocycles. The second kappa shape index (κ2) is 12.6. The molecule has 0 unspecified atom stereocenters. The highest BCUT2D eigenvalue weighted by Crippen LogP contribution is 2.09. The molecule has 0 aliphatic rings. The largest absolute Gasteiger partial charge is 0.356 e. The molecule has 0 radical (unpaired) electrons. The maximum absolute atomic E-state index is 12.6. The predicted octanol–water partition coefficient (Wildman–Crippen LogP) is 5.34. The van der Waals surface area contributed by atoms with E-state index in [0.717, 1.165) is 43.7 Å². The van der Waals surface area contributed by atoms with Crippen molar-refractivity contribution in [3.8, 4) is 0 Å². The number of carbonyl (C=O) groups is 1. The number of hydrogen-bond donors (Lipinski definition) is 2. The van der Waals surface area contributed by atoms with Gasteiger partial charge in [0.25, 0.3) is 5.56 Å². The molecule has 1 amide bonds. The fourth-order valence-electron chi connectivity index (χ4n) is 3.48. The van der Waals surface area contributed by atoms with Gasteiger partial charge >= 0.3 is 0 Å². The molecule has 160 valence electrons. The van der Waals surface area contributed by atoms with Crippen LogP contribution in [0, 0.1) is 10.7 Å². The van der Waals surface area contributed by atoms with Gasteiger partial charge in [-0.15, -0.1) is 0 Å². The molecule has 0 fully saturated rings. The van der Waals surface area contributed by atoms with Gasteiger partial charge in [-0.1, -0.05) is 58.1 Å². The first kappa shape index (κ1) is 23.3. The summed E-state index contributed by atoms with van der Waals surface area (Å²) in [5.74, 6) is 0.915. The van der Waals surface area contributed by atoms with E-state index in [4.69, 9.17) is 12.2 Å². The Morgan fingerprint density at radius 3 is 2.59 bits per heavy atom. The van der Waals surface area contributed by atoms with Crippen LogP contribution in [0.4, 0.5) is 0 Å². The molecule has 6 heteroatoms. The number of rotatable bonds is 13. The first-order valence-electron chi connectivity index (χ1n) is 11.0. The van der Waals surface area contributed by atoms with Gasteiger partial charge in [0.2, 0.25) is 5.91 Å². The highest BCUT2D eigenvalue weighted by Gasteiger charge is 2.05. The van der Waals surface area contributed by atoms with E-state index in [9.17, 15) is 9.59 Å². The van der Waals surface area contributed by atoms with Crippen molar-refractivity contribution in [2.45, 2.75) is 78.2 Å². The molecule has 0 aliphatic heterocycles. The van der Waals surface area contributed by atoms with Crippen LogP contribution in [-0.2, 0) is 11.3 Å². The van der Waals surface area contributed by atoms with Crippen molar-refractivity contribution in [3.63, 3.8) is 0 Å². The van der Waals surface area contributed by atoms with E-state index in [1.165, 1.54) is 25.7 Å². The molecule has 0 saturated heterocycles. The van der Waals surface area contributed by atoms with Crippen molar-refractivity contribution in [1.82, 2.24) is 14.9 Å². The molecule has 5 nitrogen and oxygen atoms in total. The van der Waals surface area contributed by atoms with Crippen LogP contribution in [0.1, 0.15) is 71.6 Å². The average molecular weight is 418 g/mol. The number of H-pyrrole nitrogens is 1. The topological polar surface area (TPSA) is 66.9 Å². The number of aromatic amines is 1. The van der Waals surface area contributed by atoms with Gasteiger partial charge in [0, 0.05) is 19.5 Å². The summed E-state index contributed by atoms with van der Waals surface area (Å²) in [6.45, 7) is 5.88. The number of carbonyl (C=O) groups excluding carboxylic acids is 1. The molecule has 2 rings (SSSR count). The van der Waals surface area contributed by atoms with Crippen LogP contribution < -0.4 is 10.9 Å². The predicted molar refractivity (Wildman–Crippen MR) is 123 cm³/mol. The lowest BCUT2D eigenvalue weighted by molar-refractivity contribution is -0.121. The standard InChI is InChI=1S/C23H35N3O2S/c1-18(2)12-6-3-4-10-16-24-21(27)15-7-5-11-17-26-22(28)19-13-8-9-14-20(19)25-23(26)29/h8-9,13-14,18H,3-7,10-12,15-17H2,1-2H3,(H,24,27)(H,25,29). The average Bonchev–Trinajstić information content (AvgIpc) is 2.69. The number of amides is 1. The zero-order valence-corrected chi connectivity index (χ0v) is 18.7. The van der Waals surface area contributed by atoms with Crippen LogP contribution in [0.5, 0.6) is 0 Å². The van der Waals surface area contributed by atoms with E-state index in [1.54, 1.807) is 4.57 Å². The lowest BCUT2D eigenvalue weighted by Crippen LogP contribution is -2.24. The van der Waals surface area contributed by atoms with Gasteiger partial charge in [-0.05, 0) is 49.5 Å². The highest BCUT2D eigenvalue weighted by atomic mass is 32.1. The number of fused-ring (bicyclic) bond motifs is 1. The second-order valence-corrected chi connectivity index (χ2v) is 8.58. The Kier molecular flexibility index (Phi) is 10.1. The number of hydrogen-bond acceptors (Lipinski definition) is 3. The summed E-state index contributed by atoms with van der Waals surface area (Å²) >= 11 is 5.33. The molecule has 1 aromatic heterocycles. The van der Waals surface area contributed by atoms with Crippen LogP contribution in [0.25, 0.3) is 10.9 Å². The van der Waals surface area contributed by atoms with E-state index in [1.807, 2.05) is 24.3 Å². The molecule has 0 atom stereocenters. The van der Waals surface area contributed by atoms with Crippen molar-refractivity contribution in [1.29, 1.82) is 0 Å². The van der Waals surface area contributed by atoms with Crippen molar-refractivity contribution >= 4 is 29.0 Å². The normalized spacial score (nSPS) is 11.3. The molecule has 29 heavy (non-hydrogen) atoms. The minimum Gasteiger partial charge on any atom is -0.356 e. The van der Waals surface area contributed by atoms with E-state index < -0.39 is 0 Å². The SMILES string of the molecule is CC(C)CCCCCCNC(=O)CCCCCn1c(=S)[nH]c2ccccc2c1=O. The Labute approximate surface area is 178 Å². The number of unbranched alkanes of at least 4 members (excludes halogenated alkanes) is 5. The van der Waals surface area contributed by atoms with Crippen molar-refractivity contribution < 1.29 is 4.79 Å². The summed E-state index contributed by atoms with van der Waals surface area (Å²) < 4.78 is 2.08. The Bertz CT molecular complexity index is 886. The molecular weight excluding hydrogens is 382 g/mol. The number of benzene rings is 1. The highest BCUT2D eigenvalue weighted by molar-refractivity contribution is 7.71. The van der Waals surface area contributed by atoms with Crippen molar-refractivity contribution in [3.05, 3.63) is 39.4 Å². The molecule has 2 N–H and O–H groups in total. The zero-order chi connectivity index (χ0) is 21.1. The summed E-state index contributed by atoms with van der Waals surface area (Å²) in [6, 6.07) is 7.42. The first-order chi connectivity index (χ1) is 14.0. The monoisotopic (exact) mass is 417 g/mol. The van der Waals surface area contributed by atoms with Gasteiger partial charge in [0.1, 0.15) is 0 Å². The quantitative estimate of drug-likeness (QED) is 0.341. The molecule has 0 saturated carbocycles. The van der Waals surface area contributed by atoms with Gasteiger partial charge in [-0.3, -0.25) is 14.2 Å². The number of aromatic nitrogens is 2. The minimum absolute atomic E-state index is 0.0458. The second-order valence-electron chi connectivity index (χ2n) is 8.19. The van der Waals surface area contributed by atoms with Gasteiger partial charge in [-0.2, -0.15) is 0 Å². The molecule has 2 aromatic rings. The smallest absolute Gasteiger partial charge is 0.262 e. The van der Waals surface area contributed by atoms with E-state index in [0.29, 0.717) is 23.1 Å². The molecule has 0 spiro atoms. The number of nitrogens with one attached hydrogen (secondary N) is 2. The maximum atomic E-state index is 12.6. The molecular formula is C23H35N3O2S. The Morgan fingerprint density at radius 2 is 1.79 bits per heavy atom. The van der Waals surface area contributed by atoms with Crippen LogP contribution in [0.2, 0.25) is 0 Å². The van der Waals surface area contributed by atoms with E-state index >= 15 is 0 Å². The Balaban J connectivity index is 1.60. The zero-order valence-electron chi connectivity index (χ0n) is 17.8. The summed E-state index contributed by atoms with van der Waals surface area (Å²) in [4.78, 5) is 27.6. The third-order valence-corrected chi connectivity index (χ3v) is 5.53.